The van der Waals surface area contributed by atoms with Gasteiger partial charge in [0.25, 0.3) is 0 Å². The monoisotopic (exact) mass is 353 g/mol. The van der Waals surface area contributed by atoms with E-state index in [2.05, 4.69) is 60.4 Å². The first-order valence-corrected chi connectivity index (χ1v) is 9.13. The van der Waals surface area contributed by atoms with Crippen molar-refractivity contribution in [1.29, 1.82) is 0 Å². The molecule has 4 nitrogen and oxygen atoms in total. The third-order valence-electron chi connectivity index (χ3n) is 5.20. The Morgan fingerprint density at radius 3 is 2.04 bits per heavy atom. The van der Waals surface area contributed by atoms with E-state index >= 15 is 0 Å². The van der Waals surface area contributed by atoms with Crippen molar-refractivity contribution in [3.63, 3.8) is 0 Å². The first kappa shape index (κ1) is 18.6. The normalized spacial score (nSPS) is 23.0. The summed E-state index contributed by atoms with van der Waals surface area (Å²) < 4.78 is 10.7. The van der Waals surface area contributed by atoms with Gasteiger partial charge in [0, 0.05) is 18.6 Å². The molecule has 26 heavy (non-hydrogen) atoms. The Balaban J connectivity index is 1.77. The molecule has 0 saturated carbocycles. The average Bonchev–Trinajstić information content (AvgIpc) is 2.69. The van der Waals surface area contributed by atoms with Crippen LogP contribution in [0.1, 0.15) is 30.9 Å². The van der Waals surface area contributed by atoms with E-state index in [1.807, 2.05) is 12.1 Å². The van der Waals surface area contributed by atoms with Crippen molar-refractivity contribution in [3.8, 4) is 0 Å². The molecule has 0 N–H and O–H groups in total. The van der Waals surface area contributed by atoms with E-state index in [1.54, 1.807) is 0 Å². The Hall–Kier alpha value is -2.17. The average molecular weight is 353 g/mol. The molecular formula is C22H27NO3. The maximum atomic E-state index is 11.8. The summed E-state index contributed by atoms with van der Waals surface area (Å²) in [6, 6.07) is 21.0. The summed E-state index contributed by atoms with van der Waals surface area (Å²) in [5.41, 5.74) is 2.43. The van der Waals surface area contributed by atoms with E-state index in [1.165, 1.54) is 18.2 Å². The minimum Gasteiger partial charge on any atom is -0.467 e. The SMILES string of the molecule is COC(=O)[C@@H]1CCC(C)(N(Cc2ccccc2)Cc2ccccc2)CO1. The maximum absolute atomic E-state index is 11.8. The van der Waals surface area contributed by atoms with Gasteiger partial charge in [-0.25, -0.2) is 4.79 Å². The molecule has 1 heterocycles. The van der Waals surface area contributed by atoms with Gasteiger partial charge >= 0.3 is 5.97 Å². The summed E-state index contributed by atoms with van der Waals surface area (Å²) in [6.45, 7) is 4.44. The van der Waals surface area contributed by atoms with Gasteiger partial charge in [0.2, 0.25) is 0 Å². The molecule has 1 unspecified atom stereocenters. The van der Waals surface area contributed by atoms with E-state index in [0.29, 0.717) is 13.0 Å². The fourth-order valence-electron chi connectivity index (χ4n) is 3.49. The van der Waals surface area contributed by atoms with Crippen LogP contribution in [0.25, 0.3) is 0 Å². The highest BCUT2D eigenvalue weighted by Crippen LogP contribution is 2.32. The molecule has 2 aromatic carbocycles. The summed E-state index contributed by atoms with van der Waals surface area (Å²) in [7, 11) is 1.41. The van der Waals surface area contributed by atoms with Gasteiger partial charge in [-0.1, -0.05) is 60.7 Å². The predicted molar refractivity (Wildman–Crippen MR) is 102 cm³/mol. The number of carbonyl (C=O) groups is 1. The number of ether oxygens (including phenoxy) is 2. The van der Waals surface area contributed by atoms with Crippen molar-refractivity contribution >= 4 is 5.97 Å². The highest BCUT2D eigenvalue weighted by atomic mass is 16.6. The molecular weight excluding hydrogens is 326 g/mol. The van der Waals surface area contributed by atoms with Crippen LogP contribution in [0, 0.1) is 0 Å². The van der Waals surface area contributed by atoms with Crippen molar-refractivity contribution in [2.75, 3.05) is 13.7 Å². The number of hydrogen-bond donors (Lipinski definition) is 0. The number of nitrogens with zero attached hydrogens (tertiary/aromatic N) is 1. The largest absolute Gasteiger partial charge is 0.467 e. The molecule has 0 amide bonds. The first-order valence-electron chi connectivity index (χ1n) is 9.13. The van der Waals surface area contributed by atoms with Gasteiger partial charge < -0.3 is 9.47 Å². The van der Waals surface area contributed by atoms with E-state index in [-0.39, 0.29) is 11.5 Å². The number of esters is 1. The third-order valence-corrected chi connectivity index (χ3v) is 5.20. The van der Waals surface area contributed by atoms with Crippen LogP contribution in [-0.4, -0.2) is 36.2 Å². The highest BCUT2D eigenvalue weighted by molar-refractivity contribution is 5.74. The summed E-state index contributed by atoms with van der Waals surface area (Å²) in [6.07, 6.45) is 1.14. The summed E-state index contributed by atoms with van der Waals surface area (Å²) in [4.78, 5) is 14.2. The lowest BCUT2D eigenvalue weighted by Crippen LogP contribution is -2.53. The van der Waals surface area contributed by atoms with Crippen LogP contribution < -0.4 is 0 Å². The van der Waals surface area contributed by atoms with Crippen LogP contribution in [0.5, 0.6) is 0 Å². The van der Waals surface area contributed by atoms with E-state index in [9.17, 15) is 4.79 Å². The first-order chi connectivity index (χ1) is 12.6. The molecule has 3 rings (SSSR count). The van der Waals surface area contributed by atoms with Gasteiger partial charge in [0.05, 0.1) is 13.7 Å². The predicted octanol–water partition coefficient (Wildman–Crippen LogP) is 3.80. The molecule has 1 saturated heterocycles. The Morgan fingerprint density at radius 1 is 1.08 bits per heavy atom. The fraction of sp³-hybridized carbons (Fsp3) is 0.409. The second-order valence-corrected chi connectivity index (χ2v) is 7.19. The quantitative estimate of drug-likeness (QED) is 0.741. The lowest BCUT2D eigenvalue weighted by atomic mass is 9.89. The second kappa shape index (κ2) is 8.47. The van der Waals surface area contributed by atoms with Crippen molar-refractivity contribution in [1.82, 2.24) is 4.90 Å². The van der Waals surface area contributed by atoms with Crippen LogP contribution in [0.4, 0.5) is 0 Å². The molecule has 138 valence electrons. The Kier molecular flexibility index (Phi) is 6.07. The van der Waals surface area contributed by atoms with Gasteiger partial charge in [-0.15, -0.1) is 0 Å². The smallest absolute Gasteiger partial charge is 0.334 e. The van der Waals surface area contributed by atoms with Gasteiger partial charge in [-0.2, -0.15) is 0 Å². The molecule has 1 aliphatic rings. The standard InChI is InChI=1S/C22H27NO3/c1-22(14-13-20(26-17-22)21(24)25-2)23(15-18-9-5-3-6-10-18)16-19-11-7-4-8-12-19/h3-12,20H,13-17H2,1-2H3/t20-,22?/m0/s1. The second-order valence-electron chi connectivity index (χ2n) is 7.19. The zero-order valence-electron chi connectivity index (χ0n) is 15.6. The molecule has 0 aromatic heterocycles. The van der Waals surface area contributed by atoms with Crippen LogP contribution in [0.2, 0.25) is 0 Å². The molecule has 0 aliphatic carbocycles. The lowest BCUT2D eigenvalue weighted by Gasteiger charge is -2.45. The molecule has 0 bridgehead atoms. The van der Waals surface area contributed by atoms with Gasteiger partial charge in [-0.3, -0.25) is 4.90 Å². The molecule has 1 aliphatic heterocycles. The van der Waals surface area contributed by atoms with Gasteiger partial charge in [0.15, 0.2) is 6.10 Å². The highest BCUT2D eigenvalue weighted by Gasteiger charge is 2.39. The Morgan fingerprint density at radius 2 is 1.62 bits per heavy atom. The van der Waals surface area contributed by atoms with E-state index in [4.69, 9.17) is 9.47 Å². The Bertz CT molecular complexity index is 652. The number of carbonyl (C=O) groups excluding carboxylic acids is 1. The van der Waals surface area contributed by atoms with Gasteiger partial charge in [-0.05, 0) is 30.9 Å². The van der Waals surface area contributed by atoms with Crippen LogP contribution in [-0.2, 0) is 27.4 Å². The minimum absolute atomic E-state index is 0.129. The molecule has 4 heteroatoms. The summed E-state index contributed by atoms with van der Waals surface area (Å²) >= 11 is 0. The summed E-state index contributed by atoms with van der Waals surface area (Å²) in [5, 5.41) is 0. The van der Waals surface area contributed by atoms with Crippen molar-refractivity contribution in [2.24, 2.45) is 0 Å². The minimum atomic E-state index is -0.441. The van der Waals surface area contributed by atoms with Crippen molar-refractivity contribution in [3.05, 3.63) is 71.8 Å². The maximum Gasteiger partial charge on any atom is 0.334 e. The molecule has 0 spiro atoms. The topological polar surface area (TPSA) is 38.8 Å². The van der Waals surface area contributed by atoms with Crippen molar-refractivity contribution < 1.29 is 14.3 Å². The number of rotatable bonds is 6. The van der Waals surface area contributed by atoms with Crippen LogP contribution in [0.3, 0.4) is 0 Å². The third kappa shape index (κ3) is 4.51. The summed E-state index contributed by atoms with van der Waals surface area (Å²) in [5.74, 6) is -0.273. The van der Waals surface area contributed by atoms with E-state index in [0.717, 1.165) is 19.5 Å². The van der Waals surface area contributed by atoms with E-state index < -0.39 is 6.10 Å². The van der Waals surface area contributed by atoms with Crippen molar-refractivity contribution in [2.45, 2.75) is 44.5 Å². The van der Waals surface area contributed by atoms with Gasteiger partial charge in [0.1, 0.15) is 0 Å². The lowest BCUT2D eigenvalue weighted by molar-refractivity contribution is -0.164. The number of hydrogen-bond acceptors (Lipinski definition) is 4. The fourth-order valence-corrected chi connectivity index (χ4v) is 3.49. The van der Waals surface area contributed by atoms with Crippen LogP contribution in [0.15, 0.2) is 60.7 Å². The Labute approximate surface area is 155 Å². The number of benzene rings is 2. The molecule has 2 aromatic rings. The zero-order valence-corrected chi connectivity index (χ0v) is 15.6. The number of methoxy groups -OCH3 is 1. The molecule has 2 atom stereocenters. The molecule has 1 fully saturated rings. The van der Waals surface area contributed by atoms with Crippen LogP contribution >= 0.6 is 0 Å². The molecule has 0 radical (unpaired) electrons. The zero-order chi connectivity index (χ0) is 18.4.